The predicted octanol–water partition coefficient (Wildman–Crippen LogP) is 7.98. The molecule has 1 aromatic carbocycles. The molecule has 1 fully saturated rings. The Hall–Kier alpha value is -1.24. The summed E-state index contributed by atoms with van der Waals surface area (Å²) in [5.41, 5.74) is 10.9. The lowest BCUT2D eigenvalue weighted by Crippen LogP contribution is -2.62. The van der Waals surface area contributed by atoms with Crippen LogP contribution in [0.5, 0.6) is 0 Å². The van der Waals surface area contributed by atoms with Crippen LogP contribution in [-0.2, 0) is 24.9 Å². The summed E-state index contributed by atoms with van der Waals surface area (Å²) in [7, 11) is -4.29. The predicted molar refractivity (Wildman–Crippen MR) is 167 cm³/mol. The van der Waals surface area contributed by atoms with Gasteiger partial charge in [0, 0.05) is 11.3 Å². The van der Waals surface area contributed by atoms with Gasteiger partial charge in [-0.05, 0) is 45.9 Å². The summed E-state index contributed by atoms with van der Waals surface area (Å²) in [5.74, 6) is 0. The van der Waals surface area contributed by atoms with Crippen LogP contribution in [-0.4, -0.2) is 65.4 Å². The van der Waals surface area contributed by atoms with Gasteiger partial charge in [0.15, 0.2) is 16.6 Å². The summed E-state index contributed by atoms with van der Waals surface area (Å²) >= 11 is 0. The normalized spacial score (nSPS) is 24.1. The van der Waals surface area contributed by atoms with Crippen LogP contribution in [0.15, 0.2) is 35.4 Å². The number of nitrogens with zero attached hydrogens (tertiary/aromatic N) is 3. The third-order valence-corrected chi connectivity index (χ3v) is 20.0. The van der Waals surface area contributed by atoms with E-state index in [0.717, 1.165) is 23.7 Å². The highest BCUT2D eigenvalue weighted by Crippen LogP contribution is 2.44. The van der Waals surface area contributed by atoms with Gasteiger partial charge in [-0.2, -0.15) is 0 Å². The average Bonchev–Trinajstić information content (AvgIpc) is 2.93. The van der Waals surface area contributed by atoms with Crippen molar-refractivity contribution in [2.75, 3.05) is 19.8 Å². The Bertz CT molecular complexity index is 895. The SMILES string of the molecule is CC[Si](CC)(CC)O[C@@H]1C[C@](CO)(COCc2ccccc2)O[C@@H](CO[Si](C(C)C)(C(C)C)C(C)C)[C@@H]1N=[N+]=[N-]. The Labute approximate surface area is 245 Å². The van der Waals surface area contributed by atoms with Crippen molar-refractivity contribution in [3.05, 3.63) is 46.3 Å². The molecule has 0 aromatic heterocycles. The van der Waals surface area contributed by atoms with Crippen LogP contribution >= 0.6 is 0 Å². The maximum atomic E-state index is 10.8. The standard InChI is InChI=1S/C30H55N3O5Si2/c1-10-39(11-2,12-3)38-27-18-30(21-34,22-35-19-26-16-14-13-15-17-26)37-28(29(27)32-33-31)20-36-40(23(4)5,24(6)7)25(8)9/h13-17,23-25,27-29,34H,10-12,18-22H2,1-9H3/t27-,28+,29-,30+/m1/s1. The van der Waals surface area contributed by atoms with Crippen molar-refractivity contribution >= 4 is 16.6 Å². The quantitative estimate of drug-likeness (QED) is 0.0853. The Morgan fingerprint density at radius 3 is 2.08 bits per heavy atom. The maximum absolute atomic E-state index is 10.8. The van der Waals surface area contributed by atoms with E-state index in [9.17, 15) is 10.6 Å². The zero-order valence-corrected chi connectivity index (χ0v) is 28.4. The largest absolute Gasteiger partial charge is 0.413 e. The number of aliphatic hydroxyl groups excluding tert-OH is 1. The highest BCUT2D eigenvalue weighted by molar-refractivity contribution is 6.77. The van der Waals surface area contributed by atoms with Crippen LogP contribution in [0.3, 0.4) is 0 Å². The van der Waals surface area contributed by atoms with Crippen LogP contribution in [0.4, 0.5) is 0 Å². The van der Waals surface area contributed by atoms with Gasteiger partial charge in [-0.1, -0.05) is 97.8 Å². The molecule has 4 atom stereocenters. The summed E-state index contributed by atoms with van der Waals surface area (Å²) in [4.78, 5) is 3.23. The van der Waals surface area contributed by atoms with E-state index in [4.69, 9.17) is 18.3 Å². The van der Waals surface area contributed by atoms with Gasteiger partial charge in [0.25, 0.3) is 0 Å². The van der Waals surface area contributed by atoms with E-state index in [-0.39, 0.29) is 19.3 Å². The third-order valence-electron chi connectivity index (χ3n) is 9.23. The average molecular weight is 594 g/mol. The van der Waals surface area contributed by atoms with Crippen LogP contribution in [0.2, 0.25) is 34.8 Å². The Balaban J connectivity index is 2.46. The molecule has 0 bridgehead atoms. The Kier molecular flexibility index (Phi) is 13.8. The number of hydrogen-bond donors (Lipinski definition) is 1. The number of hydrogen-bond acceptors (Lipinski definition) is 6. The summed E-state index contributed by atoms with van der Waals surface area (Å²) < 4.78 is 26.8. The molecular formula is C30H55N3O5Si2. The Morgan fingerprint density at radius 2 is 1.60 bits per heavy atom. The summed E-state index contributed by atoms with van der Waals surface area (Å²) in [6.07, 6.45) is -0.540. The minimum atomic E-state index is -2.22. The molecule has 1 N–H and O–H groups in total. The molecule has 228 valence electrons. The molecule has 0 saturated carbocycles. The second-order valence-corrected chi connectivity index (χ2v) is 22.6. The first-order chi connectivity index (χ1) is 19.0. The highest BCUT2D eigenvalue weighted by atomic mass is 28.4. The number of aliphatic hydroxyl groups is 1. The molecule has 0 aliphatic carbocycles. The summed E-state index contributed by atoms with van der Waals surface area (Å²) in [5, 5.41) is 15.0. The number of rotatable bonds is 17. The molecule has 1 saturated heterocycles. The number of benzene rings is 1. The first-order valence-corrected chi connectivity index (χ1v) is 19.9. The molecule has 1 aliphatic heterocycles. The van der Waals surface area contributed by atoms with Gasteiger partial charge < -0.3 is 23.4 Å². The van der Waals surface area contributed by atoms with Gasteiger partial charge in [-0.25, -0.2) is 0 Å². The third kappa shape index (κ3) is 8.19. The van der Waals surface area contributed by atoms with Crippen LogP contribution in [0.25, 0.3) is 10.4 Å². The topological polar surface area (TPSA) is 106 Å². The van der Waals surface area contributed by atoms with Crippen molar-refractivity contribution in [3.63, 3.8) is 0 Å². The van der Waals surface area contributed by atoms with E-state index in [1.54, 1.807) is 0 Å². The maximum Gasteiger partial charge on any atom is 0.200 e. The minimum absolute atomic E-state index is 0.206. The van der Waals surface area contributed by atoms with Crippen LogP contribution < -0.4 is 0 Å². The van der Waals surface area contributed by atoms with Crippen molar-refractivity contribution in [2.45, 2.75) is 134 Å². The smallest absolute Gasteiger partial charge is 0.200 e. The van der Waals surface area contributed by atoms with E-state index < -0.39 is 34.4 Å². The Morgan fingerprint density at radius 1 is 1.02 bits per heavy atom. The van der Waals surface area contributed by atoms with E-state index in [0.29, 0.717) is 36.3 Å². The van der Waals surface area contributed by atoms with Crippen molar-refractivity contribution in [1.82, 2.24) is 0 Å². The molecule has 0 radical (unpaired) electrons. The first kappa shape index (κ1) is 35.0. The fourth-order valence-electron chi connectivity index (χ4n) is 6.84. The van der Waals surface area contributed by atoms with E-state index in [2.05, 4.69) is 72.3 Å². The van der Waals surface area contributed by atoms with Crippen LogP contribution in [0, 0.1) is 0 Å². The lowest BCUT2D eigenvalue weighted by Gasteiger charge is -2.50. The van der Waals surface area contributed by atoms with Gasteiger partial charge in [-0.15, -0.1) is 0 Å². The lowest BCUT2D eigenvalue weighted by atomic mass is 9.87. The van der Waals surface area contributed by atoms with Gasteiger partial charge in [0.2, 0.25) is 0 Å². The molecule has 1 aliphatic rings. The minimum Gasteiger partial charge on any atom is -0.413 e. The first-order valence-electron chi connectivity index (χ1n) is 15.2. The van der Waals surface area contributed by atoms with Crippen LogP contribution in [0.1, 0.15) is 74.3 Å². The fraction of sp³-hybridized carbons (Fsp3) is 0.800. The molecule has 40 heavy (non-hydrogen) atoms. The molecule has 1 heterocycles. The number of azide groups is 1. The monoisotopic (exact) mass is 593 g/mol. The molecule has 0 spiro atoms. The summed E-state index contributed by atoms with van der Waals surface area (Å²) in [6, 6.07) is 12.4. The molecule has 0 unspecified atom stereocenters. The van der Waals surface area contributed by atoms with E-state index >= 15 is 0 Å². The molecule has 8 nitrogen and oxygen atoms in total. The van der Waals surface area contributed by atoms with Gasteiger partial charge in [0.05, 0.1) is 44.7 Å². The van der Waals surface area contributed by atoms with Crippen molar-refractivity contribution in [1.29, 1.82) is 0 Å². The fourth-order valence-corrected chi connectivity index (χ4v) is 15.2. The second kappa shape index (κ2) is 15.8. The zero-order valence-electron chi connectivity index (χ0n) is 26.4. The summed E-state index contributed by atoms with van der Waals surface area (Å²) in [6.45, 7) is 20.8. The second-order valence-electron chi connectivity index (χ2n) is 12.4. The molecule has 10 heteroatoms. The van der Waals surface area contributed by atoms with E-state index in [1.165, 1.54) is 0 Å². The van der Waals surface area contributed by atoms with Crippen molar-refractivity contribution in [3.8, 4) is 0 Å². The van der Waals surface area contributed by atoms with E-state index in [1.807, 2.05) is 30.3 Å². The highest BCUT2D eigenvalue weighted by Gasteiger charge is 2.52. The lowest BCUT2D eigenvalue weighted by molar-refractivity contribution is -0.215. The molecular weight excluding hydrogens is 539 g/mol. The zero-order chi connectivity index (χ0) is 30.0. The molecule has 1 aromatic rings. The van der Waals surface area contributed by atoms with Crippen molar-refractivity contribution < 1.29 is 23.4 Å². The molecule has 2 rings (SSSR count). The van der Waals surface area contributed by atoms with Gasteiger partial charge in [0.1, 0.15) is 5.60 Å². The van der Waals surface area contributed by atoms with Crippen molar-refractivity contribution in [2.24, 2.45) is 5.11 Å². The molecule has 0 amide bonds. The van der Waals surface area contributed by atoms with Gasteiger partial charge >= 0.3 is 0 Å². The number of ether oxygens (including phenoxy) is 2. The van der Waals surface area contributed by atoms with Gasteiger partial charge in [-0.3, -0.25) is 0 Å².